The summed E-state index contributed by atoms with van der Waals surface area (Å²) in [6.45, 7) is 2.56. The van der Waals surface area contributed by atoms with Gasteiger partial charge in [-0.3, -0.25) is 9.10 Å². The van der Waals surface area contributed by atoms with Gasteiger partial charge in [0.2, 0.25) is 0 Å². The highest BCUT2D eigenvalue weighted by Gasteiger charge is 2.24. The average Bonchev–Trinajstić information content (AvgIpc) is 3.29. The van der Waals surface area contributed by atoms with Gasteiger partial charge in [0.25, 0.3) is 15.9 Å². The van der Waals surface area contributed by atoms with Crippen LogP contribution in [0.4, 0.5) is 5.69 Å². The molecular formula is C23H27N3O3S2. The second-order valence-corrected chi connectivity index (χ2v) is 10.1. The summed E-state index contributed by atoms with van der Waals surface area (Å²) < 4.78 is 27.5. The smallest absolute Gasteiger partial charge is 0.264 e. The number of amides is 1. The molecule has 6 nitrogen and oxygen atoms in total. The molecule has 0 bridgehead atoms. The molecule has 0 fully saturated rings. The molecule has 0 spiro atoms. The fraction of sp³-hybridized carbons (Fsp3) is 0.261. The number of likely N-dealkylation sites (N-methyl/N-ethyl adjacent to an activating group) is 1. The van der Waals surface area contributed by atoms with Gasteiger partial charge in [-0.05, 0) is 68.9 Å². The van der Waals surface area contributed by atoms with Gasteiger partial charge in [-0.15, -0.1) is 11.3 Å². The van der Waals surface area contributed by atoms with Crippen LogP contribution < -0.4 is 9.62 Å². The third-order valence-corrected chi connectivity index (χ3v) is 7.88. The third kappa shape index (κ3) is 5.33. The van der Waals surface area contributed by atoms with Crippen molar-refractivity contribution in [3.8, 4) is 0 Å². The Bertz CT molecular complexity index is 1080. The number of rotatable bonds is 9. The Hall–Kier alpha value is -2.68. The summed E-state index contributed by atoms with van der Waals surface area (Å²) in [5, 5.41) is 4.97. The number of nitrogens with one attached hydrogen (secondary N) is 1. The van der Waals surface area contributed by atoms with Crippen molar-refractivity contribution in [2.75, 3.05) is 31.5 Å². The number of thiophene rings is 1. The molecule has 2 aromatic carbocycles. The van der Waals surface area contributed by atoms with E-state index in [1.165, 1.54) is 21.3 Å². The minimum absolute atomic E-state index is 0.0765. The topological polar surface area (TPSA) is 69.7 Å². The summed E-state index contributed by atoms with van der Waals surface area (Å²) in [4.78, 5) is 16.0. The normalized spacial score (nSPS) is 12.5. The molecule has 3 aromatic rings. The lowest BCUT2D eigenvalue weighted by Crippen LogP contribution is -2.34. The molecule has 1 heterocycles. The van der Waals surface area contributed by atoms with Crippen LogP contribution in [-0.2, 0) is 10.0 Å². The molecule has 1 N–H and O–H groups in total. The summed E-state index contributed by atoms with van der Waals surface area (Å²) in [5.41, 5.74) is 1.03. The number of carbonyl (C=O) groups is 1. The lowest BCUT2D eigenvalue weighted by atomic mass is 10.2. The molecule has 0 saturated carbocycles. The van der Waals surface area contributed by atoms with E-state index in [4.69, 9.17) is 0 Å². The van der Waals surface area contributed by atoms with Gasteiger partial charge in [-0.1, -0.05) is 24.3 Å². The second-order valence-electron chi connectivity index (χ2n) is 7.23. The Labute approximate surface area is 188 Å². The zero-order valence-electron chi connectivity index (χ0n) is 17.9. The highest BCUT2D eigenvalue weighted by atomic mass is 32.2. The zero-order chi connectivity index (χ0) is 22.4. The van der Waals surface area contributed by atoms with E-state index >= 15 is 0 Å². The van der Waals surface area contributed by atoms with Crippen LogP contribution in [0.1, 0.15) is 28.2 Å². The predicted molar refractivity (Wildman–Crippen MR) is 126 cm³/mol. The largest absolute Gasteiger partial charge is 0.350 e. The quantitative estimate of drug-likeness (QED) is 0.527. The summed E-state index contributed by atoms with van der Waals surface area (Å²) >= 11 is 1.65. The van der Waals surface area contributed by atoms with Gasteiger partial charge in [0.05, 0.1) is 16.6 Å². The van der Waals surface area contributed by atoms with Crippen LogP contribution >= 0.6 is 11.3 Å². The van der Waals surface area contributed by atoms with E-state index in [0.717, 1.165) is 0 Å². The SMILES string of the molecule is CCN(c1ccccc1)S(=O)(=O)c1ccc(C(=O)NC[C@H](c2cccs2)N(C)C)cc1. The third-order valence-electron chi connectivity index (χ3n) is 4.99. The Balaban J connectivity index is 1.72. The molecule has 0 aliphatic rings. The van der Waals surface area contributed by atoms with Gasteiger partial charge in [-0.2, -0.15) is 0 Å². The molecular weight excluding hydrogens is 430 g/mol. The molecule has 0 unspecified atom stereocenters. The molecule has 0 aliphatic carbocycles. The van der Waals surface area contributed by atoms with E-state index in [0.29, 0.717) is 24.3 Å². The molecule has 164 valence electrons. The van der Waals surface area contributed by atoms with Crippen molar-refractivity contribution in [1.82, 2.24) is 10.2 Å². The maximum atomic E-state index is 13.1. The molecule has 31 heavy (non-hydrogen) atoms. The molecule has 0 aliphatic heterocycles. The minimum atomic E-state index is -3.72. The first-order valence-electron chi connectivity index (χ1n) is 10.0. The van der Waals surface area contributed by atoms with Crippen molar-refractivity contribution in [3.63, 3.8) is 0 Å². The number of hydrogen-bond acceptors (Lipinski definition) is 5. The fourth-order valence-corrected chi connectivity index (χ4v) is 5.70. The Morgan fingerprint density at radius 3 is 2.23 bits per heavy atom. The standard InChI is InChI=1S/C23H27N3O3S2/c1-4-26(19-9-6-5-7-10-19)31(28,29)20-14-12-18(13-15-20)23(27)24-17-21(25(2)3)22-11-8-16-30-22/h5-16,21H,4,17H2,1-3H3,(H,24,27)/t21-/m1/s1. The summed E-state index contributed by atoms with van der Waals surface area (Å²) in [7, 11) is 0.232. The van der Waals surface area contributed by atoms with E-state index in [-0.39, 0.29) is 16.8 Å². The number of anilines is 1. The van der Waals surface area contributed by atoms with Gasteiger partial charge in [-0.25, -0.2) is 8.42 Å². The number of nitrogens with zero attached hydrogens (tertiary/aromatic N) is 2. The van der Waals surface area contributed by atoms with Crippen molar-refractivity contribution in [1.29, 1.82) is 0 Å². The van der Waals surface area contributed by atoms with Gasteiger partial charge in [0, 0.05) is 23.5 Å². The van der Waals surface area contributed by atoms with Crippen molar-refractivity contribution in [3.05, 3.63) is 82.6 Å². The lowest BCUT2D eigenvalue weighted by molar-refractivity contribution is 0.0942. The van der Waals surface area contributed by atoms with Crippen LogP contribution in [0.2, 0.25) is 0 Å². The van der Waals surface area contributed by atoms with Crippen LogP contribution in [0.5, 0.6) is 0 Å². The molecule has 8 heteroatoms. The van der Waals surface area contributed by atoms with Crippen LogP contribution in [-0.4, -0.2) is 46.4 Å². The first-order valence-corrected chi connectivity index (χ1v) is 12.3. The Morgan fingerprint density at radius 2 is 1.68 bits per heavy atom. The fourth-order valence-electron chi connectivity index (χ4n) is 3.30. The molecule has 1 amide bonds. The Morgan fingerprint density at radius 1 is 1.00 bits per heavy atom. The van der Waals surface area contributed by atoms with Crippen LogP contribution in [0.15, 0.2) is 77.0 Å². The summed E-state index contributed by atoms with van der Waals surface area (Å²) in [5.74, 6) is -0.234. The molecule has 3 rings (SSSR count). The van der Waals surface area contributed by atoms with Crippen molar-refractivity contribution in [2.45, 2.75) is 17.9 Å². The molecule has 1 aromatic heterocycles. The number of carbonyl (C=O) groups excluding carboxylic acids is 1. The van der Waals surface area contributed by atoms with Crippen LogP contribution in [0.3, 0.4) is 0 Å². The zero-order valence-corrected chi connectivity index (χ0v) is 19.5. The number of hydrogen-bond donors (Lipinski definition) is 1. The van der Waals surface area contributed by atoms with E-state index < -0.39 is 10.0 Å². The maximum Gasteiger partial charge on any atom is 0.264 e. The molecule has 1 atom stereocenters. The number of para-hydroxylation sites is 1. The van der Waals surface area contributed by atoms with E-state index in [1.807, 2.05) is 37.7 Å². The van der Waals surface area contributed by atoms with Gasteiger partial charge < -0.3 is 10.2 Å². The monoisotopic (exact) mass is 457 g/mol. The Kier molecular flexibility index (Phi) is 7.48. The van der Waals surface area contributed by atoms with Crippen molar-refractivity contribution >= 4 is 33.0 Å². The molecule has 0 saturated heterocycles. The maximum absolute atomic E-state index is 13.1. The summed E-state index contributed by atoms with van der Waals surface area (Å²) in [6.07, 6.45) is 0. The number of sulfonamides is 1. The van der Waals surface area contributed by atoms with E-state index in [1.54, 1.807) is 54.7 Å². The molecule has 0 radical (unpaired) electrons. The highest BCUT2D eigenvalue weighted by Crippen LogP contribution is 2.24. The predicted octanol–water partition coefficient (Wildman–Crippen LogP) is 4.00. The van der Waals surface area contributed by atoms with Gasteiger partial charge in [0.15, 0.2) is 0 Å². The average molecular weight is 458 g/mol. The van der Waals surface area contributed by atoms with Crippen molar-refractivity contribution < 1.29 is 13.2 Å². The highest BCUT2D eigenvalue weighted by molar-refractivity contribution is 7.92. The van der Waals surface area contributed by atoms with E-state index in [2.05, 4.69) is 10.2 Å². The van der Waals surface area contributed by atoms with Crippen molar-refractivity contribution in [2.24, 2.45) is 0 Å². The van der Waals surface area contributed by atoms with E-state index in [9.17, 15) is 13.2 Å². The first-order chi connectivity index (χ1) is 14.8. The second kappa shape index (κ2) is 10.1. The number of benzene rings is 2. The first kappa shape index (κ1) is 23.0. The van der Waals surface area contributed by atoms with Crippen LogP contribution in [0, 0.1) is 0 Å². The van der Waals surface area contributed by atoms with Crippen LogP contribution in [0.25, 0.3) is 0 Å². The summed E-state index contributed by atoms with van der Waals surface area (Å²) in [6, 6.07) is 19.2. The van der Waals surface area contributed by atoms with Gasteiger partial charge in [0.1, 0.15) is 0 Å². The minimum Gasteiger partial charge on any atom is -0.350 e. The van der Waals surface area contributed by atoms with Gasteiger partial charge >= 0.3 is 0 Å². The lowest BCUT2D eigenvalue weighted by Gasteiger charge is -2.24.